The van der Waals surface area contributed by atoms with Crippen LogP contribution in [-0.4, -0.2) is 17.4 Å². The van der Waals surface area contributed by atoms with E-state index in [1.54, 1.807) is 17.4 Å². The number of nitrogens with one attached hydrogen (secondary N) is 1. The number of thiazole rings is 1. The van der Waals surface area contributed by atoms with Gasteiger partial charge in [0.05, 0.1) is 10.7 Å². The molecule has 1 aromatic carbocycles. The van der Waals surface area contributed by atoms with E-state index in [1.807, 2.05) is 42.6 Å². The third kappa shape index (κ3) is 5.43. The molecular weight excluding hydrogens is 344 g/mol. The number of carbonyl (C=O) groups excluding carboxylic acids is 1. The number of ether oxygens (including phenoxy) is 1. The summed E-state index contributed by atoms with van der Waals surface area (Å²) in [6, 6.07) is 7.74. The lowest BCUT2D eigenvalue weighted by Gasteiger charge is -2.23. The van der Waals surface area contributed by atoms with Gasteiger partial charge in [-0.05, 0) is 49.0 Å². The second-order valence-electron chi connectivity index (χ2n) is 7.29. The summed E-state index contributed by atoms with van der Waals surface area (Å²) in [6.07, 6.45) is 8.38. The van der Waals surface area contributed by atoms with Crippen LogP contribution in [0.3, 0.4) is 0 Å². The number of hydrogen-bond donors (Lipinski definition) is 1. The fourth-order valence-corrected chi connectivity index (χ4v) is 3.87. The lowest BCUT2D eigenvalue weighted by molar-refractivity contribution is -0.116. The van der Waals surface area contributed by atoms with Crippen molar-refractivity contribution in [2.24, 2.45) is 5.41 Å². The monoisotopic (exact) mass is 370 g/mol. The van der Waals surface area contributed by atoms with Crippen LogP contribution < -0.4 is 10.1 Å². The molecular formula is C21H26N2O2S. The molecule has 0 bridgehead atoms. The highest BCUT2D eigenvalue weighted by Crippen LogP contribution is 2.36. The minimum absolute atomic E-state index is 0.0394. The van der Waals surface area contributed by atoms with Crippen molar-refractivity contribution in [3.8, 4) is 5.75 Å². The summed E-state index contributed by atoms with van der Waals surface area (Å²) in [5.74, 6) is 0.735. The van der Waals surface area contributed by atoms with Crippen molar-refractivity contribution in [1.29, 1.82) is 0 Å². The van der Waals surface area contributed by atoms with Crippen molar-refractivity contribution >= 4 is 23.3 Å². The van der Waals surface area contributed by atoms with Crippen LogP contribution in [0.5, 0.6) is 5.75 Å². The topological polar surface area (TPSA) is 51.2 Å². The minimum Gasteiger partial charge on any atom is -0.487 e. The zero-order valence-electron chi connectivity index (χ0n) is 15.5. The Morgan fingerprint density at radius 2 is 2.19 bits per heavy atom. The summed E-state index contributed by atoms with van der Waals surface area (Å²) in [5, 5.41) is 6.08. The summed E-state index contributed by atoms with van der Waals surface area (Å²) in [5.41, 5.74) is 2.15. The number of carbonyl (C=O) groups is 1. The van der Waals surface area contributed by atoms with Gasteiger partial charge in [0, 0.05) is 18.0 Å². The van der Waals surface area contributed by atoms with Gasteiger partial charge < -0.3 is 10.1 Å². The molecule has 0 unspecified atom stereocenters. The number of nitrogens with zero attached hydrogens (tertiary/aromatic N) is 1. The van der Waals surface area contributed by atoms with Crippen molar-refractivity contribution in [2.75, 3.05) is 6.54 Å². The van der Waals surface area contributed by atoms with Crippen LogP contribution in [-0.2, 0) is 11.4 Å². The molecule has 3 rings (SSSR count). The Morgan fingerprint density at radius 3 is 2.92 bits per heavy atom. The van der Waals surface area contributed by atoms with Gasteiger partial charge in [-0.2, -0.15) is 0 Å². The zero-order chi connectivity index (χ0) is 18.4. The molecule has 26 heavy (non-hydrogen) atoms. The van der Waals surface area contributed by atoms with Crippen LogP contribution in [0.1, 0.15) is 48.9 Å². The first-order chi connectivity index (χ1) is 12.5. The van der Waals surface area contributed by atoms with E-state index < -0.39 is 0 Å². The van der Waals surface area contributed by atoms with Gasteiger partial charge in [0.15, 0.2) is 0 Å². The van der Waals surface area contributed by atoms with Crippen LogP contribution in [0, 0.1) is 12.3 Å². The van der Waals surface area contributed by atoms with Crippen molar-refractivity contribution in [3.63, 3.8) is 0 Å². The van der Waals surface area contributed by atoms with Gasteiger partial charge in [0.1, 0.15) is 12.4 Å². The van der Waals surface area contributed by atoms with Crippen LogP contribution >= 0.6 is 11.3 Å². The number of benzene rings is 1. The second-order valence-corrected chi connectivity index (χ2v) is 8.35. The quantitative estimate of drug-likeness (QED) is 0.716. The molecule has 2 aromatic rings. The Balaban J connectivity index is 1.50. The standard InChI is InChI=1S/C21H26N2O2S/c1-16-23-18(14-26-16)13-25-19-7-5-6-17(12-19)8-9-20(24)22-15-21(2)10-3-4-11-21/h5-9,12,14H,3-4,10-11,13,15H2,1-2H3,(H,22,24)/b9-8+. The summed E-state index contributed by atoms with van der Waals surface area (Å²) < 4.78 is 5.79. The molecule has 1 fully saturated rings. The molecule has 0 spiro atoms. The van der Waals surface area contributed by atoms with Crippen LogP contribution in [0.2, 0.25) is 0 Å². The molecule has 4 nitrogen and oxygen atoms in total. The SMILES string of the molecule is Cc1nc(COc2cccc(/C=C/C(=O)NCC3(C)CCCC3)c2)cs1. The van der Waals surface area contributed by atoms with E-state index in [4.69, 9.17) is 4.74 Å². The molecule has 5 heteroatoms. The van der Waals surface area contributed by atoms with Crippen molar-refractivity contribution in [2.45, 2.75) is 46.1 Å². The molecule has 0 radical (unpaired) electrons. The lowest BCUT2D eigenvalue weighted by atomic mass is 9.89. The molecule has 1 amide bonds. The van der Waals surface area contributed by atoms with E-state index in [1.165, 1.54) is 25.7 Å². The summed E-state index contributed by atoms with van der Waals surface area (Å²) in [6.45, 7) is 5.45. The molecule has 0 atom stereocenters. The number of aryl methyl sites for hydroxylation is 1. The first kappa shape index (κ1) is 18.6. The van der Waals surface area contributed by atoms with Crippen molar-refractivity contribution in [3.05, 3.63) is 52.0 Å². The van der Waals surface area contributed by atoms with Crippen LogP contribution in [0.15, 0.2) is 35.7 Å². The Hall–Kier alpha value is -2.14. The number of rotatable bonds is 7. The Kier molecular flexibility index (Phi) is 6.09. The Labute approximate surface area is 159 Å². The molecule has 1 saturated carbocycles. The second kappa shape index (κ2) is 8.49. The largest absolute Gasteiger partial charge is 0.487 e. The highest BCUT2D eigenvalue weighted by atomic mass is 32.1. The fraction of sp³-hybridized carbons (Fsp3) is 0.429. The third-order valence-corrected chi connectivity index (χ3v) is 5.66. The van der Waals surface area contributed by atoms with Gasteiger partial charge in [-0.3, -0.25) is 4.79 Å². The van der Waals surface area contributed by atoms with E-state index >= 15 is 0 Å². The smallest absolute Gasteiger partial charge is 0.244 e. The molecule has 1 heterocycles. The Bertz CT molecular complexity index is 776. The highest BCUT2D eigenvalue weighted by molar-refractivity contribution is 7.09. The maximum atomic E-state index is 12.1. The van der Waals surface area contributed by atoms with E-state index in [9.17, 15) is 4.79 Å². The van der Waals surface area contributed by atoms with E-state index in [0.29, 0.717) is 6.61 Å². The van der Waals surface area contributed by atoms with Crippen molar-refractivity contribution in [1.82, 2.24) is 10.3 Å². The van der Waals surface area contributed by atoms with Gasteiger partial charge in [-0.15, -0.1) is 11.3 Å². The van der Waals surface area contributed by atoms with Crippen LogP contribution in [0.4, 0.5) is 0 Å². The maximum absolute atomic E-state index is 12.1. The number of hydrogen-bond acceptors (Lipinski definition) is 4. The fourth-order valence-electron chi connectivity index (χ4n) is 3.28. The van der Waals surface area contributed by atoms with E-state index in [-0.39, 0.29) is 11.3 Å². The number of aromatic nitrogens is 1. The summed E-state index contributed by atoms with van der Waals surface area (Å²) in [7, 11) is 0. The summed E-state index contributed by atoms with van der Waals surface area (Å²) in [4.78, 5) is 16.5. The van der Waals surface area contributed by atoms with Crippen molar-refractivity contribution < 1.29 is 9.53 Å². The first-order valence-corrected chi connectivity index (χ1v) is 10.0. The van der Waals surface area contributed by atoms with E-state index in [0.717, 1.165) is 28.6 Å². The lowest BCUT2D eigenvalue weighted by Crippen LogP contribution is -2.33. The predicted molar refractivity (Wildman–Crippen MR) is 106 cm³/mol. The first-order valence-electron chi connectivity index (χ1n) is 9.12. The highest BCUT2D eigenvalue weighted by Gasteiger charge is 2.28. The van der Waals surface area contributed by atoms with Gasteiger partial charge in [-0.1, -0.05) is 31.9 Å². The molecule has 0 saturated heterocycles. The predicted octanol–water partition coefficient (Wildman–Crippen LogP) is 4.74. The molecule has 1 aromatic heterocycles. The third-order valence-electron chi connectivity index (χ3n) is 4.84. The van der Waals surface area contributed by atoms with Gasteiger partial charge in [-0.25, -0.2) is 4.98 Å². The summed E-state index contributed by atoms with van der Waals surface area (Å²) >= 11 is 1.62. The zero-order valence-corrected chi connectivity index (χ0v) is 16.3. The van der Waals surface area contributed by atoms with Gasteiger partial charge in [0.2, 0.25) is 5.91 Å². The molecule has 138 valence electrons. The molecule has 1 N–H and O–H groups in total. The average molecular weight is 371 g/mol. The molecule has 0 aliphatic heterocycles. The average Bonchev–Trinajstić information content (AvgIpc) is 3.26. The van der Waals surface area contributed by atoms with E-state index in [2.05, 4.69) is 17.2 Å². The minimum atomic E-state index is -0.0394. The number of amides is 1. The Morgan fingerprint density at radius 1 is 1.38 bits per heavy atom. The molecule has 1 aliphatic rings. The molecule has 1 aliphatic carbocycles. The maximum Gasteiger partial charge on any atom is 0.244 e. The van der Waals surface area contributed by atoms with Gasteiger partial charge >= 0.3 is 0 Å². The van der Waals surface area contributed by atoms with Crippen LogP contribution in [0.25, 0.3) is 6.08 Å². The normalized spacial score (nSPS) is 16.1. The van der Waals surface area contributed by atoms with Gasteiger partial charge in [0.25, 0.3) is 0 Å².